The van der Waals surface area contributed by atoms with Crippen molar-refractivity contribution in [3.8, 4) is 11.5 Å². The number of thiophene rings is 1. The number of hydrazone groups is 1. The van der Waals surface area contributed by atoms with E-state index in [1.165, 1.54) is 17.6 Å². The molecule has 0 unspecified atom stereocenters. The van der Waals surface area contributed by atoms with Gasteiger partial charge in [-0.25, -0.2) is 10.2 Å². The van der Waals surface area contributed by atoms with Crippen LogP contribution in [0.25, 0.3) is 0 Å². The first-order valence-electron chi connectivity index (χ1n) is 8.16. The smallest absolute Gasteiger partial charge is 0.344 e. The third-order valence-corrected chi connectivity index (χ3v) is 4.25. The number of esters is 1. The van der Waals surface area contributed by atoms with E-state index in [9.17, 15) is 9.59 Å². The predicted molar refractivity (Wildman–Crippen MR) is 104 cm³/mol. The molecule has 7 nitrogen and oxygen atoms in total. The van der Waals surface area contributed by atoms with Crippen molar-refractivity contribution < 1.29 is 23.8 Å². The van der Waals surface area contributed by atoms with Gasteiger partial charge in [-0.1, -0.05) is 17.7 Å². The first-order valence-corrected chi connectivity index (χ1v) is 9.42. The molecule has 0 bridgehead atoms. The molecule has 1 aromatic heterocycles. The lowest BCUT2D eigenvalue weighted by atomic mass is 10.2. The van der Waals surface area contributed by atoms with E-state index >= 15 is 0 Å². The molecule has 2 rings (SSSR count). The molecule has 1 heterocycles. The highest BCUT2D eigenvalue weighted by molar-refractivity contribution is 7.12. The van der Waals surface area contributed by atoms with Crippen molar-refractivity contribution in [3.05, 3.63) is 45.1 Å². The number of amides is 1. The van der Waals surface area contributed by atoms with Crippen molar-refractivity contribution in [2.24, 2.45) is 5.10 Å². The molecule has 1 aromatic carbocycles. The Morgan fingerprint density at radius 1 is 1.26 bits per heavy atom. The summed E-state index contributed by atoms with van der Waals surface area (Å²) in [6.07, 6.45) is 1.44. The SMILES string of the molecule is CCOC(=O)COc1c(Cl)cc(/C=N\NC(=O)c2cccs2)cc1OCC. The number of halogens is 1. The molecule has 0 saturated carbocycles. The molecular weight excluding hydrogens is 392 g/mol. The average Bonchev–Trinajstić information content (AvgIpc) is 3.16. The maximum absolute atomic E-state index is 11.9. The second kappa shape index (κ2) is 10.5. The number of hydrogen-bond acceptors (Lipinski definition) is 7. The van der Waals surface area contributed by atoms with Gasteiger partial charge in [-0.05, 0) is 43.0 Å². The molecule has 0 saturated heterocycles. The molecule has 1 amide bonds. The number of carbonyl (C=O) groups excluding carboxylic acids is 2. The van der Waals surface area contributed by atoms with Crippen molar-refractivity contribution in [3.63, 3.8) is 0 Å². The summed E-state index contributed by atoms with van der Waals surface area (Å²) < 4.78 is 15.8. The lowest BCUT2D eigenvalue weighted by Crippen LogP contribution is -2.16. The second-order valence-corrected chi connectivity index (χ2v) is 6.39. The molecule has 0 radical (unpaired) electrons. The minimum absolute atomic E-state index is 0.242. The van der Waals surface area contributed by atoms with Gasteiger partial charge in [0.1, 0.15) is 0 Å². The molecule has 0 aliphatic carbocycles. The van der Waals surface area contributed by atoms with Crippen molar-refractivity contribution in [1.29, 1.82) is 0 Å². The van der Waals surface area contributed by atoms with E-state index in [0.717, 1.165) is 0 Å². The van der Waals surface area contributed by atoms with Crippen molar-refractivity contribution in [2.75, 3.05) is 19.8 Å². The van der Waals surface area contributed by atoms with Crippen molar-refractivity contribution in [1.82, 2.24) is 5.43 Å². The highest BCUT2D eigenvalue weighted by Gasteiger charge is 2.14. The van der Waals surface area contributed by atoms with Crippen LogP contribution in [0.1, 0.15) is 29.1 Å². The van der Waals surface area contributed by atoms with Crippen LogP contribution in [0, 0.1) is 0 Å². The summed E-state index contributed by atoms with van der Waals surface area (Å²) in [7, 11) is 0. The highest BCUT2D eigenvalue weighted by Crippen LogP contribution is 2.36. The first-order chi connectivity index (χ1) is 13.0. The van der Waals surface area contributed by atoms with Crippen LogP contribution in [0.2, 0.25) is 5.02 Å². The van der Waals surface area contributed by atoms with Gasteiger partial charge in [-0.3, -0.25) is 4.79 Å². The van der Waals surface area contributed by atoms with E-state index in [2.05, 4.69) is 10.5 Å². The number of carbonyl (C=O) groups is 2. The van der Waals surface area contributed by atoms with Crippen LogP contribution >= 0.6 is 22.9 Å². The van der Waals surface area contributed by atoms with Crippen LogP contribution in [0.5, 0.6) is 11.5 Å². The fourth-order valence-electron chi connectivity index (χ4n) is 2.03. The van der Waals surface area contributed by atoms with E-state index in [1.54, 1.807) is 31.2 Å². The molecule has 1 N–H and O–H groups in total. The summed E-state index contributed by atoms with van der Waals surface area (Å²) in [5.41, 5.74) is 3.03. The topological polar surface area (TPSA) is 86.2 Å². The molecule has 9 heteroatoms. The van der Waals surface area contributed by atoms with Gasteiger partial charge in [0, 0.05) is 0 Å². The van der Waals surface area contributed by atoms with Crippen LogP contribution in [-0.2, 0) is 9.53 Å². The van der Waals surface area contributed by atoms with Crippen molar-refractivity contribution in [2.45, 2.75) is 13.8 Å². The van der Waals surface area contributed by atoms with Crippen molar-refractivity contribution >= 4 is 41.0 Å². The standard InChI is InChI=1S/C18H19ClN2O5S/c1-3-24-14-9-12(10-20-21-18(23)15-6-5-7-27-15)8-13(19)17(14)26-11-16(22)25-4-2/h5-10H,3-4,11H2,1-2H3,(H,21,23)/b20-10-. The van der Waals surface area contributed by atoms with Gasteiger partial charge < -0.3 is 14.2 Å². The molecule has 0 atom stereocenters. The lowest BCUT2D eigenvalue weighted by Gasteiger charge is -2.14. The highest BCUT2D eigenvalue weighted by atomic mass is 35.5. The maximum Gasteiger partial charge on any atom is 0.344 e. The fraction of sp³-hybridized carbons (Fsp3) is 0.278. The molecular formula is C18H19ClN2O5S. The van der Waals surface area contributed by atoms with Gasteiger partial charge in [0.05, 0.1) is 29.3 Å². The van der Waals surface area contributed by atoms with Gasteiger partial charge >= 0.3 is 5.97 Å². The van der Waals surface area contributed by atoms with E-state index in [0.29, 0.717) is 22.8 Å². The average molecular weight is 411 g/mol. The normalized spacial score (nSPS) is 10.6. The molecule has 0 aliphatic heterocycles. The van der Waals surface area contributed by atoms with Crippen LogP contribution in [0.4, 0.5) is 0 Å². The molecule has 0 spiro atoms. The van der Waals surface area contributed by atoms with Gasteiger partial charge in [0.25, 0.3) is 5.91 Å². The first kappa shape index (κ1) is 20.7. The number of nitrogens with zero attached hydrogens (tertiary/aromatic N) is 1. The Kier molecular flexibility index (Phi) is 8.09. The zero-order chi connectivity index (χ0) is 19.6. The Bertz CT molecular complexity index is 808. The lowest BCUT2D eigenvalue weighted by molar-refractivity contribution is -0.145. The Balaban J connectivity index is 2.10. The zero-order valence-electron chi connectivity index (χ0n) is 14.9. The molecule has 0 fully saturated rings. The second-order valence-electron chi connectivity index (χ2n) is 5.03. The van der Waals surface area contributed by atoms with Gasteiger partial charge in [-0.15, -0.1) is 11.3 Å². The largest absolute Gasteiger partial charge is 0.490 e. The van der Waals surface area contributed by atoms with Crippen LogP contribution in [0.15, 0.2) is 34.7 Å². The fourth-order valence-corrected chi connectivity index (χ4v) is 2.91. The number of nitrogens with one attached hydrogen (secondary N) is 1. The number of ether oxygens (including phenoxy) is 3. The van der Waals surface area contributed by atoms with Crippen LogP contribution in [0.3, 0.4) is 0 Å². The Labute approximate surface area is 165 Å². The van der Waals surface area contributed by atoms with E-state index in [-0.39, 0.29) is 29.9 Å². The summed E-state index contributed by atoms with van der Waals surface area (Å²) in [6.45, 7) is 3.88. The zero-order valence-corrected chi connectivity index (χ0v) is 16.4. The number of hydrogen-bond donors (Lipinski definition) is 1. The number of rotatable bonds is 9. The quantitative estimate of drug-likeness (QED) is 0.388. The van der Waals surface area contributed by atoms with Gasteiger partial charge in [0.15, 0.2) is 18.1 Å². The molecule has 0 aliphatic rings. The summed E-state index contributed by atoms with van der Waals surface area (Å²) in [6, 6.07) is 6.73. The van der Waals surface area contributed by atoms with Gasteiger partial charge in [0.2, 0.25) is 0 Å². The Morgan fingerprint density at radius 2 is 2.07 bits per heavy atom. The third kappa shape index (κ3) is 6.26. The summed E-state index contributed by atoms with van der Waals surface area (Å²) >= 11 is 7.57. The predicted octanol–water partition coefficient (Wildman–Crippen LogP) is 3.51. The van der Waals surface area contributed by atoms with Gasteiger partial charge in [-0.2, -0.15) is 5.10 Å². The third-order valence-electron chi connectivity index (χ3n) is 3.10. The van der Waals surface area contributed by atoms with E-state index in [4.69, 9.17) is 25.8 Å². The Hall–Kier alpha value is -2.58. The minimum atomic E-state index is -0.502. The Morgan fingerprint density at radius 3 is 2.74 bits per heavy atom. The molecule has 2 aromatic rings. The summed E-state index contributed by atoms with van der Waals surface area (Å²) in [5.74, 6) is -0.198. The molecule has 27 heavy (non-hydrogen) atoms. The van der Waals surface area contributed by atoms with E-state index in [1.807, 2.05) is 12.3 Å². The monoisotopic (exact) mass is 410 g/mol. The minimum Gasteiger partial charge on any atom is -0.490 e. The van der Waals surface area contributed by atoms with Crippen LogP contribution < -0.4 is 14.9 Å². The van der Waals surface area contributed by atoms with E-state index < -0.39 is 5.97 Å². The summed E-state index contributed by atoms with van der Waals surface area (Å²) in [5, 5.41) is 5.97. The van der Waals surface area contributed by atoms with Crippen LogP contribution in [-0.4, -0.2) is 37.9 Å². The summed E-state index contributed by atoms with van der Waals surface area (Å²) in [4.78, 5) is 23.9. The number of benzene rings is 1. The molecule has 144 valence electrons. The maximum atomic E-state index is 11.9.